The Morgan fingerprint density at radius 1 is 1.21 bits per heavy atom. The smallest absolute Gasteiger partial charge is 0.306 e. The Kier molecular flexibility index (Phi) is 1.85. The third-order valence-corrected chi connectivity index (χ3v) is 1.98. The molecule has 0 aromatic heterocycles. The van der Waals surface area contributed by atoms with Gasteiger partial charge in [0.15, 0.2) is 0 Å². The highest BCUT2D eigenvalue weighted by molar-refractivity contribution is 6.06. The van der Waals surface area contributed by atoms with E-state index in [9.17, 15) is 9.59 Å². The van der Waals surface area contributed by atoms with E-state index in [1.807, 2.05) is 0 Å². The Balaban J connectivity index is 2.52. The molecule has 0 fully saturated rings. The van der Waals surface area contributed by atoms with E-state index in [0.29, 0.717) is 11.3 Å². The fourth-order valence-corrected chi connectivity index (χ4v) is 1.31. The molecule has 0 bridgehead atoms. The van der Waals surface area contributed by atoms with Crippen molar-refractivity contribution in [3.63, 3.8) is 0 Å². The summed E-state index contributed by atoms with van der Waals surface area (Å²) in [5, 5.41) is 3.72. The topological polar surface area (TPSA) is 61.4 Å². The molecule has 0 saturated heterocycles. The number of carbonyl (C=O) groups excluding carboxylic acids is 2. The van der Waals surface area contributed by atoms with Crippen LogP contribution >= 0.6 is 0 Å². The predicted molar refractivity (Wildman–Crippen MR) is 50.7 cm³/mol. The lowest BCUT2D eigenvalue weighted by molar-refractivity contribution is 0.0745. The molecule has 3 amide bonds. The number of benzene rings is 1. The van der Waals surface area contributed by atoms with Gasteiger partial charge >= 0.3 is 6.03 Å². The van der Waals surface area contributed by atoms with E-state index in [1.165, 1.54) is 7.05 Å². The molecular formula is C9H9N3O2. The molecule has 2 rings (SSSR count). The lowest BCUT2D eigenvalue weighted by atomic mass is 10.1. The van der Waals surface area contributed by atoms with Gasteiger partial charge in [0.2, 0.25) is 0 Å². The first-order valence-corrected chi connectivity index (χ1v) is 4.13. The van der Waals surface area contributed by atoms with Gasteiger partial charge in [0.1, 0.15) is 0 Å². The van der Waals surface area contributed by atoms with Crippen LogP contribution in [0.5, 0.6) is 0 Å². The summed E-state index contributed by atoms with van der Waals surface area (Å²) in [6, 6.07) is 6.46. The summed E-state index contributed by atoms with van der Waals surface area (Å²) < 4.78 is 0. The normalized spacial score (nSPS) is 15.4. The largest absolute Gasteiger partial charge is 0.338 e. The molecule has 2 N–H and O–H groups in total. The highest BCUT2D eigenvalue weighted by Crippen LogP contribution is 2.17. The van der Waals surface area contributed by atoms with Gasteiger partial charge in [-0.3, -0.25) is 9.80 Å². The Morgan fingerprint density at radius 3 is 2.71 bits per heavy atom. The van der Waals surface area contributed by atoms with Crippen molar-refractivity contribution >= 4 is 17.6 Å². The predicted octanol–water partition coefficient (Wildman–Crippen LogP) is 0.809. The van der Waals surface area contributed by atoms with Gasteiger partial charge in [-0.1, -0.05) is 12.1 Å². The number of nitrogens with zero attached hydrogens (tertiary/aromatic N) is 1. The molecule has 1 heterocycles. The molecule has 1 aromatic carbocycles. The minimum Gasteiger partial charge on any atom is -0.306 e. The zero-order valence-corrected chi connectivity index (χ0v) is 7.57. The quantitative estimate of drug-likeness (QED) is 0.637. The second kappa shape index (κ2) is 3.02. The summed E-state index contributed by atoms with van der Waals surface area (Å²) in [6.45, 7) is 0. The molecule has 1 aromatic rings. The number of hydrogen-bond acceptors (Lipinski definition) is 2. The van der Waals surface area contributed by atoms with E-state index in [0.717, 1.165) is 5.01 Å². The third kappa shape index (κ3) is 1.28. The lowest BCUT2D eigenvalue weighted by Crippen LogP contribution is -2.42. The summed E-state index contributed by atoms with van der Waals surface area (Å²) in [5.41, 5.74) is 3.38. The van der Waals surface area contributed by atoms with Crippen LogP contribution in [0.15, 0.2) is 24.3 Å². The van der Waals surface area contributed by atoms with Gasteiger partial charge < -0.3 is 5.32 Å². The Bertz CT molecular complexity index is 403. The standard InChI is InChI=1S/C9H9N3O2/c1-12-8(13)6-4-2-3-5-7(6)10-9(14)11-12/h2-5H,1H3,(H2,10,11,14). The van der Waals surface area contributed by atoms with Crippen LogP contribution in [-0.4, -0.2) is 24.0 Å². The van der Waals surface area contributed by atoms with Crippen LogP contribution in [-0.2, 0) is 0 Å². The van der Waals surface area contributed by atoms with Crippen molar-refractivity contribution in [2.75, 3.05) is 12.4 Å². The van der Waals surface area contributed by atoms with Crippen LogP contribution in [0.3, 0.4) is 0 Å². The van der Waals surface area contributed by atoms with Crippen molar-refractivity contribution in [2.24, 2.45) is 0 Å². The molecule has 5 heteroatoms. The second-order valence-corrected chi connectivity index (χ2v) is 2.98. The SMILES string of the molecule is CN1NC(=O)Nc2ccccc2C1=O. The summed E-state index contributed by atoms with van der Waals surface area (Å²) in [6.07, 6.45) is 0. The number of hydrogen-bond donors (Lipinski definition) is 2. The van der Waals surface area contributed by atoms with E-state index >= 15 is 0 Å². The van der Waals surface area contributed by atoms with E-state index in [1.54, 1.807) is 24.3 Å². The molecule has 1 aliphatic heterocycles. The van der Waals surface area contributed by atoms with E-state index in [-0.39, 0.29) is 5.91 Å². The van der Waals surface area contributed by atoms with E-state index < -0.39 is 6.03 Å². The zero-order chi connectivity index (χ0) is 10.1. The monoisotopic (exact) mass is 191 g/mol. The van der Waals surface area contributed by atoms with Crippen LogP contribution in [0.25, 0.3) is 0 Å². The minimum atomic E-state index is -0.411. The summed E-state index contributed by atoms with van der Waals surface area (Å²) in [7, 11) is 1.50. The number of urea groups is 1. The van der Waals surface area contributed by atoms with Crippen LogP contribution in [0.2, 0.25) is 0 Å². The number of hydrazine groups is 1. The highest BCUT2D eigenvalue weighted by Gasteiger charge is 2.21. The maximum Gasteiger partial charge on any atom is 0.338 e. The molecule has 14 heavy (non-hydrogen) atoms. The number of fused-ring (bicyclic) bond motifs is 1. The zero-order valence-electron chi connectivity index (χ0n) is 7.57. The molecule has 1 aliphatic rings. The van der Waals surface area contributed by atoms with Gasteiger partial charge in [0, 0.05) is 7.05 Å². The van der Waals surface area contributed by atoms with Crippen molar-refractivity contribution in [3.05, 3.63) is 29.8 Å². The molecule has 0 spiro atoms. The number of anilines is 1. The third-order valence-electron chi connectivity index (χ3n) is 1.98. The van der Waals surface area contributed by atoms with E-state index in [2.05, 4.69) is 10.7 Å². The Hall–Kier alpha value is -2.04. The fraction of sp³-hybridized carbons (Fsp3) is 0.111. The molecule has 0 radical (unpaired) electrons. The van der Waals surface area contributed by atoms with Crippen LogP contribution in [0.4, 0.5) is 10.5 Å². The first-order chi connectivity index (χ1) is 6.68. The second-order valence-electron chi connectivity index (χ2n) is 2.98. The fourth-order valence-electron chi connectivity index (χ4n) is 1.31. The first kappa shape index (κ1) is 8.55. The first-order valence-electron chi connectivity index (χ1n) is 4.13. The van der Waals surface area contributed by atoms with E-state index in [4.69, 9.17) is 0 Å². The lowest BCUT2D eigenvalue weighted by Gasteiger charge is -2.13. The van der Waals surface area contributed by atoms with Crippen LogP contribution in [0, 0.1) is 0 Å². The molecule has 0 aliphatic carbocycles. The summed E-state index contributed by atoms with van der Waals surface area (Å²) >= 11 is 0. The summed E-state index contributed by atoms with van der Waals surface area (Å²) in [5.74, 6) is -0.237. The molecule has 5 nitrogen and oxygen atoms in total. The molecule has 72 valence electrons. The summed E-state index contributed by atoms with van der Waals surface area (Å²) in [4.78, 5) is 22.8. The minimum absolute atomic E-state index is 0.237. The van der Waals surface area contributed by atoms with Gasteiger partial charge in [-0.15, -0.1) is 0 Å². The Labute approximate surface area is 80.7 Å². The maximum absolute atomic E-state index is 11.7. The molecule has 0 saturated carbocycles. The number of carbonyl (C=O) groups is 2. The Morgan fingerprint density at radius 2 is 1.93 bits per heavy atom. The number of para-hydroxylation sites is 1. The van der Waals surface area contributed by atoms with Crippen molar-refractivity contribution < 1.29 is 9.59 Å². The van der Waals surface area contributed by atoms with Gasteiger partial charge in [0.05, 0.1) is 11.3 Å². The van der Waals surface area contributed by atoms with Crippen LogP contribution in [0.1, 0.15) is 10.4 Å². The van der Waals surface area contributed by atoms with Crippen molar-refractivity contribution in [1.82, 2.24) is 10.4 Å². The van der Waals surface area contributed by atoms with Gasteiger partial charge in [-0.2, -0.15) is 0 Å². The highest BCUT2D eigenvalue weighted by atomic mass is 16.2. The van der Waals surface area contributed by atoms with Crippen LogP contribution < -0.4 is 10.7 Å². The average molecular weight is 191 g/mol. The molecular weight excluding hydrogens is 182 g/mol. The maximum atomic E-state index is 11.7. The van der Waals surface area contributed by atoms with Gasteiger partial charge in [-0.05, 0) is 12.1 Å². The van der Waals surface area contributed by atoms with Gasteiger partial charge in [0.25, 0.3) is 5.91 Å². The number of rotatable bonds is 0. The van der Waals surface area contributed by atoms with Crippen molar-refractivity contribution in [1.29, 1.82) is 0 Å². The van der Waals surface area contributed by atoms with Gasteiger partial charge in [-0.25, -0.2) is 10.2 Å². The van der Waals surface area contributed by atoms with Crippen molar-refractivity contribution in [3.8, 4) is 0 Å². The van der Waals surface area contributed by atoms with Crippen molar-refractivity contribution in [2.45, 2.75) is 0 Å². The molecule has 0 unspecified atom stereocenters. The number of nitrogens with one attached hydrogen (secondary N) is 2. The molecule has 0 atom stereocenters. The number of amides is 3. The average Bonchev–Trinajstić information content (AvgIpc) is 2.26.